The molecule has 1 aromatic carbocycles. The van der Waals surface area contributed by atoms with Crippen LogP contribution in [0.5, 0.6) is 11.5 Å². The van der Waals surface area contributed by atoms with Crippen molar-refractivity contribution in [3.05, 3.63) is 23.8 Å². The standard InChI is InChI=1S/C17H27N3O2S/c1-5-18-16(20-8-9-23-17(2,3)12-20)19-11-13-6-7-15(22-4)14(21)10-13/h6-7,10,21H,5,8-9,11-12H2,1-4H3,(H,18,19). The number of phenolic OH excluding ortho intramolecular Hbond substituents is 1. The van der Waals surface area contributed by atoms with Crippen LogP contribution in [0.25, 0.3) is 0 Å². The van der Waals surface area contributed by atoms with E-state index < -0.39 is 0 Å². The molecule has 0 bridgehead atoms. The summed E-state index contributed by atoms with van der Waals surface area (Å²) in [6.45, 7) is 9.99. The maximum Gasteiger partial charge on any atom is 0.194 e. The lowest BCUT2D eigenvalue weighted by atomic mass is 10.2. The van der Waals surface area contributed by atoms with Crippen LogP contribution >= 0.6 is 11.8 Å². The van der Waals surface area contributed by atoms with E-state index in [1.54, 1.807) is 19.2 Å². The zero-order valence-corrected chi connectivity index (χ0v) is 15.2. The largest absolute Gasteiger partial charge is 0.504 e. The number of phenols is 1. The van der Waals surface area contributed by atoms with E-state index in [1.165, 1.54) is 0 Å². The van der Waals surface area contributed by atoms with Gasteiger partial charge in [-0.15, -0.1) is 0 Å². The van der Waals surface area contributed by atoms with Gasteiger partial charge in [0.25, 0.3) is 0 Å². The Morgan fingerprint density at radius 3 is 2.87 bits per heavy atom. The summed E-state index contributed by atoms with van der Waals surface area (Å²) in [6.07, 6.45) is 0. The van der Waals surface area contributed by atoms with Gasteiger partial charge in [0.1, 0.15) is 0 Å². The summed E-state index contributed by atoms with van der Waals surface area (Å²) in [6, 6.07) is 5.41. The SMILES string of the molecule is CCNC(=NCc1ccc(OC)c(O)c1)N1CCSC(C)(C)C1. The second-order valence-electron chi connectivity index (χ2n) is 6.21. The van der Waals surface area contributed by atoms with E-state index in [9.17, 15) is 5.11 Å². The van der Waals surface area contributed by atoms with Crippen LogP contribution in [0.4, 0.5) is 0 Å². The molecule has 1 saturated heterocycles. The molecule has 0 radical (unpaired) electrons. The number of thioether (sulfide) groups is 1. The van der Waals surface area contributed by atoms with Crippen molar-refractivity contribution in [1.29, 1.82) is 0 Å². The monoisotopic (exact) mass is 337 g/mol. The molecule has 0 amide bonds. The van der Waals surface area contributed by atoms with Crippen molar-refractivity contribution in [3.63, 3.8) is 0 Å². The summed E-state index contributed by atoms with van der Waals surface area (Å²) in [5, 5.41) is 13.3. The van der Waals surface area contributed by atoms with E-state index in [4.69, 9.17) is 9.73 Å². The number of hydrogen-bond acceptors (Lipinski definition) is 4. The van der Waals surface area contributed by atoms with Crippen LogP contribution < -0.4 is 10.1 Å². The quantitative estimate of drug-likeness (QED) is 0.653. The van der Waals surface area contributed by atoms with E-state index in [0.717, 1.165) is 36.9 Å². The Kier molecular flexibility index (Phi) is 6.04. The van der Waals surface area contributed by atoms with Crippen molar-refractivity contribution in [2.24, 2.45) is 4.99 Å². The molecule has 2 N–H and O–H groups in total. The first-order chi connectivity index (χ1) is 10.9. The first-order valence-electron chi connectivity index (χ1n) is 7.98. The molecular formula is C17H27N3O2S. The molecular weight excluding hydrogens is 310 g/mol. The summed E-state index contributed by atoms with van der Waals surface area (Å²) in [5.74, 6) is 2.69. The Bertz CT molecular complexity index is 561. The minimum atomic E-state index is 0.153. The number of methoxy groups -OCH3 is 1. The fourth-order valence-electron chi connectivity index (χ4n) is 2.62. The van der Waals surface area contributed by atoms with Crippen molar-refractivity contribution in [2.75, 3.05) is 32.5 Å². The Balaban J connectivity index is 2.10. The summed E-state index contributed by atoms with van der Waals surface area (Å²) in [4.78, 5) is 7.06. The minimum absolute atomic E-state index is 0.153. The number of ether oxygens (including phenoxy) is 1. The smallest absolute Gasteiger partial charge is 0.194 e. The first-order valence-corrected chi connectivity index (χ1v) is 8.97. The van der Waals surface area contributed by atoms with Gasteiger partial charge in [-0.25, -0.2) is 4.99 Å². The predicted molar refractivity (Wildman–Crippen MR) is 97.6 cm³/mol. The molecule has 5 nitrogen and oxygen atoms in total. The maximum atomic E-state index is 9.88. The summed E-state index contributed by atoms with van der Waals surface area (Å²) < 4.78 is 5.32. The Labute approximate surface area is 143 Å². The second kappa shape index (κ2) is 7.81. The zero-order chi connectivity index (χ0) is 16.9. The maximum absolute atomic E-state index is 9.88. The third-order valence-electron chi connectivity index (χ3n) is 3.71. The van der Waals surface area contributed by atoms with Gasteiger partial charge in [0.05, 0.1) is 13.7 Å². The lowest BCUT2D eigenvalue weighted by Gasteiger charge is -2.39. The molecule has 6 heteroatoms. The Hall–Kier alpha value is -1.56. The molecule has 0 aromatic heterocycles. The zero-order valence-electron chi connectivity index (χ0n) is 14.4. The fourth-order valence-corrected chi connectivity index (χ4v) is 3.73. The Morgan fingerprint density at radius 1 is 1.48 bits per heavy atom. The predicted octanol–water partition coefficient (Wildman–Crippen LogP) is 2.69. The molecule has 1 fully saturated rings. The fraction of sp³-hybridized carbons (Fsp3) is 0.588. The molecule has 0 saturated carbocycles. The van der Waals surface area contributed by atoms with Gasteiger partial charge in [0.15, 0.2) is 17.5 Å². The van der Waals surface area contributed by atoms with Crippen molar-refractivity contribution >= 4 is 17.7 Å². The van der Waals surface area contributed by atoms with Crippen LogP contribution in [0.15, 0.2) is 23.2 Å². The molecule has 2 rings (SSSR count). The van der Waals surface area contributed by atoms with Crippen LogP contribution in [0, 0.1) is 0 Å². The van der Waals surface area contributed by atoms with E-state index >= 15 is 0 Å². The molecule has 23 heavy (non-hydrogen) atoms. The molecule has 1 aliphatic heterocycles. The number of aliphatic imine (C=N–C) groups is 1. The Morgan fingerprint density at radius 2 is 2.26 bits per heavy atom. The lowest BCUT2D eigenvalue weighted by molar-refractivity contribution is 0.372. The van der Waals surface area contributed by atoms with E-state index in [0.29, 0.717) is 12.3 Å². The number of aromatic hydroxyl groups is 1. The van der Waals surface area contributed by atoms with Crippen molar-refractivity contribution in [3.8, 4) is 11.5 Å². The van der Waals surface area contributed by atoms with Crippen molar-refractivity contribution < 1.29 is 9.84 Å². The molecule has 1 aromatic rings. The highest BCUT2D eigenvalue weighted by atomic mass is 32.2. The molecule has 0 atom stereocenters. The van der Waals surface area contributed by atoms with Crippen molar-refractivity contribution in [1.82, 2.24) is 10.2 Å². The molecule has 0 aliphatic carbocycles. The topological polar surface area (TPSA) is 57.1 Å². The summed E-state index contributed by atoms with van der Waals surface area (Å²) in [7, 11) is 1.55. The molecule has 0 unspecified atom stereocenters. The van der Waals surface area contributed by atoms with Crippen LogP contribution in [-0.2, 0) is 6.54 Å². The highest BCUT2D eigenvalue weighted by molar-refractivity contribution is 8.00. The normalized spacial score (nSPS) is 17.9. The van der Waals surface area contributed by atoms with Gasteiger partial charge in [0, 0.05) is 30.1 Å². The minimum Gasteiger partial charge on any atom is -0.504 e. The average Bonchev–Trinajstić information content (AvgIpc) is 2.50. The van der Waals surface area contributed by atoms with Crippen LogP contribution in [-0.4, -0.2) is 53.2 Å². The average molecular weight is 337 g/mol. The van der Waals surface area contributed by atoms with Crippen LogP contribution in [0.3, 0.4) is 0 Å². The van der Waals surface area contributed by atoms with E-state index in [1.807, 2.05) is 17.8 Å². The highest BCUT2D eigenvalue weighted by Gasteiger charge is 2.28. The third kappa shape index (κ3) is 4.96. The lowest BCUT2D eigenvalue weighted by Crippen LogP contribution is -2.50. The molecule has 0 spiro atoms. The van der Waals surface area contributed by atoms with Gasteiger partial charge < -0.3 is 20.1 Å². The van der Waals surface area contributed by atoms with Gasteiger partial charge in [0.2, 0.25) is 0 Å². The van der Waals surface area contributed by atoms with Crippen molar-refractivity contribution in [2.45, 2.75) is 32.1 Å². The molecule has 128 valence electrons. The van der Waals surface area contributed by atoms with Gasteiger partial charge >= 0.3 is 0 Å². The molecule has 1 aliphatic rings. The van der Waals surface area contributed by atoms with Gasteiger partial charge in [-0.1, -0.05) is 6.07 Å². The highest BCUT2D eigenvalue weighted by Crippen LogP contribution is 2.30. The van der Waals surface area contributed by atoms with Gasteiger partial charge in [-0.3, -0.25) is 0 Å². The number of nitrogens with zero attached hydrogens (tertiary/aromatic N) is 2. The van der Waals surface area contributed by atoms with Gasteiger partial charge in [-0.2, -0.15) is 11.8 Å². The van der Waals surface area contributed by atoms with Gasteiger partial charge in [-0.05, 0) is 38.5 Å². The van der Waals surface area contributed by atoms with Crippen LogP contribution in [0.1, 0.15) is 26.3 Å². The first kappa shape index (κ1) is 17.8. The van der Waals surface area contributed by atoms with Crippen LogP contribution in [0.2, 0.25) is 0 Å². The number of nitrogens with one attached hydrogen (secondary N) is 1. The number of guanidine groups is 1. The second-order valence-corrected chi connectivity index (χ2v) is 8.01. The van der Waals surface area contributed by atoms with E-state index in [-0.39, 0.29) is 10.5 Å². The number of benzene rings is 1. The summed E-state index contributed by atoms with van der Waals surface area (Å²) in [5.41, 5.74) is 0.962. The summed E-state index contributed by atoms with van der Waals surface area (Å²) >= 11 is 2.01. The third-order valence-corrected chi connectivity index (χ3v) is 5.01. The number of hydrogen-bond donors (Lipinski definition) is 2. The molecule has 1 heterocycles. The number of rotatable bonds is 4. The van der Waals surface area contributed by atoms with E-state index in [2.05, 4.69) is 31.0 Å².